The number of aromatic nitrogens is 1. The molecule has 1 aromatic heterocycles. The van der Waals surface area contributed by atoms with Crippen LogP contribution in [0.15, 0.2) is 35.4 Å². The summed E-state index contributed by atoms with van der Waals surface area (Å²) in [6.07, 6.45) is 1.91. The molecule has 0 aliphatic carbocycles. The minimum atomic E-state index is 0.366. The second kappa shape index (κ2) is 3.14. The fourth-order valence-electron chi connectivity index (χ4n) is 1.26. The summed E-state index contributed by atoms with van der Waals surface area (Å²) in [5, 5.41) is 6.94. The van der Waals surface area contributed by atoms with E-state index >= 15 is 0 Å². The van der Waals surface area contributed by atoms with Gasteiger partial charge in [-0.25, -0.2) is 0 Å². The number of para-hydroxylation sites is 1. The van der Waals surface area contributed by atoms with Gasteiger partial charge in [0, 0.05) is 22.0 Å². The molecule has 0 fully saturated rings. The number of amidine groups is 1. The van der Waals surface area contributed by atoms with Crippen LogP contribution in [0.4, 0.5) is 0 Å². The molecule has 2 aromatic rings. The molecule has 5 N–H and O–H groups in total. The third-order valence-electron chi connectivity index (χ3n) is 1.78. The van der Waals surface area contributed by atoms with Gasteiger partial charge in [-0.1, -0.05) is 18.2 Å². The van der Waals surface area contributed by atoms with Crippen molar-refractivity contribution in [3.05, 3.63) is 30.5 Å². The maximum absolute atomic E-state index is 5.42. The number of H-pyrrole nitrogens is 1. The highest BCUT2D eigenvalue weighted by Gasteiger charge is 2.06. The third kappa shape index (κ3) is 1.53. The van der Waals surface area contributed by atoms with Crippen molar-refractivity contribution in [3.63, 3.8) is 0 Å². The van der Waals surface area contributed by atoms with E-state index in [-0.39, 0.29) is 0 Å². The Morgan fingerprint density at radius 1 is 1.38 bits per heavy atom. The minimum Gasteiger partial charge on any atom is -0.360 e. The molecule has 1 heterocycles. The van der Waals surface area contributed by atoms with Crippen LogP contribution in [0.3, 0.4) is 0 Å². The molecule has 3 nitrogen and oxygen atoms in total. The van der Waals surface area contributed by atoms with E-state index in [2.05, 4.69) is 4.98 Å². The molecular weight excluding hydrogens is 182 g/mol. The lowest BCUT2D eigenvalue weighted by molar-refractivity contribution is -0.110. The Kier molecular flexibility index (Phi) is 1.98. The fourth-order valence-corrected chi connectivity index (χ4v) is 1.92. The fraction of sp³-hybridized carbons (Fsp3) is 0. The lowest BCUT2D eigenvalue weighted by Gasteiger charge is -1.91. The number of aromatic amines is 1. The second-order valence-electron chi connectivity index (χ2n) is 2.70. The highest BCUT2D eigenvalue weighted by atomic mass is 32.2. The van der Waals surface area contributed by atoms with Gasteiger partial charge in [0.1, 0.15) is 0 Å². The first-order valence-corrected chi connectivity index (χ1v) is 4.71. The number of nitrogens with two attached hydrogens (primary N) is 2. The smallest absolute Gasteiger partial charge is 0.304 e. The third-order valence-corrected chi connectivity index (χ3v) is 2.57. The number of thioether (sulfide) groups is 1. The van der Waals surface area contributed by atoms with E-state index < -0.39 is 0 Å². The molecule has 0 unspecified atom stereocenters. The predicted molar refractivity (Wildman–Crippen MR) is 55.3 cm³/mol. The monoisotopic (exact) mass is 192 g/mol. The molecule has 4 heteroatoms. The van der Waals surface area contributed by atoms with Gasteiger partial charge in [-0.2, -0.15) is 0 Å². The topological polar surface area (TPSA) is 67.4 Å². The van der Waals surface area contributed by atoms with Crippen molar-refractivity contribution in [3.8, 4) is 0 Å². The van der Waals surface area contributed by atoms with E-state index in [0.29, 0.717) is 5.17 Å². The number of nitrogens with one attached hydrogen (secondary N) is 1. The van der Waals surface area contributed by atoms with Crippen molar-refractivity contribution in [1.82, 2.24) is 4.98 Å². The predicted octanol–water partition coefficient (Wildman–Crippen LogP) is 0.334. The Hall–Kier alpha value is -1.42. The summed E-state index contributed by atoms with van der Waals surface area (Å²) in [5.74, 6) is 0. The molecule has 66 valence electrons. The molecule has 0 radical (unpaired) electrons. The zero-order valence-electron chi connectivity index (χ0n) is 6.95. The van der Waals surface area contributed by atoms with Crippen molar-refractivity contribution in [2.24, 2.45) is 5.73 Å². The Labute approximate surface area is 79.8 Å². The summed E-state index contributed by atoms with van der Waals surface area (Å²) in [6.45, 7) is 0. The van der Waals surface area contributed by atoms with Crippen molar-refractivity contribution in [2.75, 3.05) is 0 Å². The number of rotatable bonds is 1. The van der Waals surface area contributed by atoms with Gasteiger partial charge in [0.2, 0.25) is 0 Å². The van der Waals surface area contributed by atoms with Crippen LogP contribution in [0.1, 0.15) is 0 Å². The van der Waals surface area contributed by atoms with Gasteiger partial charge in [-0.15, -0.1) is 0 Å². The van der Waals surface area contributed by atoms with E-state index in [0.717, 1.165) is 15.8 Å². The van der Waals surface area contributed by atoms with Gasteiger partial charge >= 0.3 is 5.17 Å². The highest BCUT2D eigenvalue weighted by Crippen LogP contribution is 2.26. The van der Waals surface area contributed by atoms with E-state index in [4.69, 9.17) is 11.1 Å². The van der Waals surface area contributed by atoms with Crippen LogP contribution in [0, 0.1) is 0 Å². The van der Waals surface area contributed by atoms with E-state index in [9.17, 15) is 0 Å². The van der Waals surface area contributed by atoms with Crippen molar-refractivity contribution in [2.45, 2.75) is 4.90 Å². The Bertz CT molecular complexity index is 447. The van der Waals surface area contributed by atoms with Crippen LogP contribution >= 0.6 is 11.8 Å². The summed E-state index contributed by atoms with van der Waals surface area (Å²) >= 11 is 1.38. The molecule has 0 aliphatic heterocycles. The average Bonchev–Trinajstić information content (AvgIpc) is 2.48. The molecule has 0 bridgehead atoms. The lowest BCUT2D eigenvalue weighted by Crippen LogP contribution is -2.43. The van der Waals surface area contributed by atoms with Gasteiger partial charge < -0.3 is 4.98 Å². The van der Waals surface area contributed by atoms with Crippen LogP contribution in [-0.4, -0.2) is 10.2 Å². The maximum Gasteiger partial charge on any atom is 0.304 e. The Morgan fingerprint density at radius 3 is 2.92 bits per heavy atom. The molecule has 1 aromatic carbocycles. The molecule has 0 aliphatic rings. The van der Waals surface area contributed by atoms with Crippen LogP contribution in [-0.2, 0) is 0 Å². The number of fused-ring (bicyclic) bond motifs is 1. The Morgan fingerprint density at radius 2 is 2.15 bits per heavy atom. The maximum atomic E-state index is 5.42. The molecule has 0 atom stereocenters. The second-order valence-corrected chi connectivity index (χ2v) is 3.82. The standard InChI is InChI=1S/C9H9N3S/c10-9(11)13-8-5-12-7-4-2-1-3-6(7)8/h1-5,12H,(H3,10,11)/p+1. The molecular formula is C9H10N3S+. The zero-order valence-corrected chi connectivity index (χ0v) is 7.77. The molecule has 0 saturated heterocycles. The van der Waals surface area contributed by atoms with E-state index in [1.165, 1.54) is 11.8 Å². The van der Waals surface area contributed by atoms with Crippen LogP contribution in [0.5, 0.6) is 0 Å². The summed E-state index contributed by atoms with van der Waals surface area (Å²) in [7, 11) is 0. The molecule has 13 heavy (non-hydrogen) atoms. The number of benzene rings is 1. The van der Waals surface area contributed by atoms with E-state index in [1.807, 2.05) is 30.5 Å². The normalized spacial score (nSPS) is 10.5. The van der Waals surface area contributed by atoms with Gasteiger partial charge in [0.05, 0.1) is 0 Å². The van der Waals surface area contributed by atoms with Gasteiger partial charge in [-0.05, 0) is 17.8 Å². The minimum absolute atomic E-state index is 0.366. The zero-order chi connectivity index (χ0) is 9.26. The Balaban J connectivity index is 2.51. The summed E-state index contributed by atoms with van der Waals surface area (Å²) in [4.78, 5) is 4.21. The average molecular weight is 192 g/mol. The SMILES string of the molecule is NC(=[NH2+])Sc1c[nH]c2ccccc12. The van der Waals surface area contributed by atoms with Gasteiger partial charge in [0.25, 0.3) is 0 Å². The lowest BCUT2D eigenvalue weighted by atomic mass is 10.2. The van der Waals surface area contributed by atoms with Crippen LogP contribution in [0.2, 0.25) is 0 Å². The van der Waals surface area contributed by atoms with E-state index in [1.54, 1.807) is 0 Å². The van der Waals surface area contributed by atoms with Gasteiger partial charge in [0.15, 0.2) is 0 Å². The summed E-state index contributed by atoms with van der Waals surface area (Å²) < 4.78 is 0. The first-order valence-electron chi connectivity index (χ1n) is 3.89. The molecule has 0 saturated carbocycles. The summed E-state index contributed by atoms with van der Waals surface area (Å²) in [6, 6.07) is 8.04. The first-order chi connectivity index (χ1) is 6.27. The van der Waals surface area contributed by atoms with Gasteiger partial charge in [-0.3, -0.25) is 11.1 Å². The molecule has 0 amide bonds. The van der Waals surface area contributed by atoms with Crippen LogP contribution in [0.25, 0.3) is 10.9 Å². The number of hydrogen-bond donors (Lipinski definition) is 3. The largest absolute Gasteiger partial charge is 0.360 e. The van der Waals surface area contributed by atoms with Crippen molar-refractivity contribution >= 4 is 27.8 Å². The first kappa shape index (κ1) is 8.19. The van der Waals surface area contributed by atoms with Crippen molar-refractivity contribution in [1.29, 1.82) is 0 Å². The highest BCUT2D eigenvalue weighted by molar-refractivity contribution is 8.13. The molecule has 2 rings (SSSR count). The van der Waals surface area contributed by atoms with Crippen molar-refractivity contribution < 1.29 is 5.41 Å². The summed E-state index contributed by atoms with van der Waals surface area (Å²) in [5.41, 5.74) is 6.52. The number of hydrogen-bond acceptors (Lipinski definition) is 1. The molecule has 0 spiro atoms. The van der Waals surface area contributed by atoms with Crippen LogP contribution < -0.4 is 11.1 Å². The quantitative estimate of drug-likeness (QED) is 0.346.